The summed E-state index contributed by atoms with van der Waals surface area (Å²) in [6, 6.07) is 8.19. The highest BCUT2D eigenvalue weighted by molar-refractivity contribution is 9.10. The fourth-order valence-electron chi connectivity index (χ4n) is 4.53. The van der Waals surface area contributed by atoms with Crippen LogP contribution < -0.4 is 21.5 Å². The smallest absolute Gasteiger partial charge is 0.251 e. The van der Waals surface area contributed by atoms with Crippen LogP contribution in [0.15, 0.2) is 34.8 Å². The SMILES string of the molecule is CCc1cc(CC=O)ccc1O.CNNC1C(=O)Nc2cc(C(=O)NCCCN3CCC(O)C3)cc(Br)c21. The van der Waals surface area contributed by atoms with E-state index in [0.717, 1.165) is 55.3 Å². The number of hydrogen-bond acceptors (Lipinski definition) is 8. The molecule has 4 rings (SSSR count). The minimum atomic E-state index is -0.503. The summed E-state index contributed by atoms with van der Waals surface area (Å²) in [5.41, 5.74) is 9.44. The van der Waals surface area contributed by atoms with Gasteiger partial charge in [0.2, 0.25) is 5.91 Å². The van der Waals surface area contributed by atoms with Crippen LogP contribution in [0.1, 0.15) is 52.9 Å². The van der Waals surface area contributed by atoms with Gasteiger partial charge in [0, 0.05) is 47.3 Å². The molecule has 0 bridgehead atoms. The van der Waals surface area contributed by atoms with E-state index in [4.69, 9.17) is 0 Å². The van der Waals surface area contributed by atoms with E-state index in [1.54, 1.807) is 31.3 Å². The fraction of sp³-hybridized carbons (Fsp3) is 0.444. The number of aldehydes is 1. The van der Waals surface area contributed by atoms with Gasteiger partial charge in [-0.1, -0.05) is 35.0 Å². The van der Waals surface area contributed by atoms with Crippen molar-refractivity contribution in [1.29, 1.82) is 0 Å². The predicted molar refractivity (Wildman–Crippen MR) is 149 cm³/mol. The number of benzene rings is 2. The average molecular weight is 591 g/mol. The predicted octanol–water partition coefficient (Wildman–Crippen LogP) is 2.05. The summed E-state index contributed by atoms with van der Waals surface area (Å²) in [5.74, 6) is -0.0261. The summed E-state index contributed by atoms with van der Waals surface area (Å²) in [6.07, 6.45) is 3.52. The zero-order chi connectivity index (χ0) is 27.7. The normalized spacial score (nSPS) is 18.4. The Kier molecular flexibility index (Phi) is 11.2. The first-order valence-electron chi connectivity index (χ1n) is 12.8. The molecule has 2 unspecified atom stereocenters. The van der Waals surface area contributed by atoms with Crippen LogP contribution in [0.4, 0.5) is 5.69 Å². The molecule has 0 spiro atoms. The molecule has 1 saturated heterocycles. The van der Waals surface area contributed by atoms with Crippen molar-refractivity contribution in [1.82, 2.24) is 21.1 Å². The highest BCUT2D eigenvalue weighted by atomic mass is 79.9. The van der Waals surface area contributed by atoms with Crippen LogP contribution in [0.5, 0.6) is 5.75 Å². The molecule has 0 aliphatic carbocycles. The van der Waals surface area contributed by atoms with E-state index >= 15 is 0 Å². The van der Waals surface area contributed by atoms with Gasteiger partial charge >= 0.3 is 0 Å². The Bertz CT molecular complexity index is 1150. The van der Waals surface area contributed by atoms with E-state index in [1.165, 1.54) is 0 Å². The first-order chi connectivity index (χ1) is 18.3. The Labute approximate surface area is 231 Å². The van der Waals surface area contributed by atoms with E-state index < -0.39 is 6.04 Å². The number of amides is 2. The lowest BCUT2D eigenvalue weighted by Crippen LogP contribution is -2.36. The van der Waals surface area contributed by atoms with Crippen molar-refractivity contribution >= 4 is 39.7 Å². The molecule has 2 aliphatic rings. The highest BCUT2D eigenvalue weighted by Crippen LogP contribution is 2.37. The van der Waals surface area contributed by atoms with E-state index in [0.29, 0.717) is 41.0 Å². The van der Waals surface area contributed by atoms with Gasteiger partial charge in [-0.15, -0.1) is 0 Å². The lowest BCUT2D eigenvalue weighted by atomic mass is 10.1. The monoisotopic (exact) mass is 589 g/mol. The number of aromatic hydroxyl groups is 1. The molecule has 206 valence electrons. The van der Waals surface area contributed by atoms with Crippen LogP contribution in [0, 0.1) is 0 Å². The first-order valence-corrected chi connectivity index (χ1v) is 13.6. The van der Waals surface area contributed by atoms with Crippen molar-refractivity contribution in [3.63, 3.8) is 0 Å². The fourth-order valence-corrected chi connectivity index (χ4v) is 5.22. The van der Waals surface area contributed by atoms with E-state index in [1.807, 2.05) is 13.0 Å². The van der Waals surface area contributed by atoms with Crippen LogP contribution >= 0.6 is 15.9 Å². The summed E-state index contributed by atoms with van der Waals surface area (Å²) >= 11 is 3.47. The molecule has 2 aromatic carbocycles. The molecule has 0 radical (unpaired) electrons. The second-order valence-corrected chi connectivity index (χ2v) is 10.1. The number of β-amino-alcohol motifs (C(OH)–C–C–N with tert-alkyl or cyclic N) is 1. The molecular weight excluding hydrogens is 554 g/mol. The third-order valence-electron chi connectivity index (χ3n) is 6.52. The number of carbonyl (C=O) groups is 3. The van der Waals surface area contributed by atoms with Gasteiger partial charge in [0.15, 0.2) is 0 Å². The maximum atomic E-state index is 12.4. The molecule has 1 fully saturated rings. The Morgan fingerprint density at radius 3 is 2.74 bits per heavy atom. The summed E-state index contributed by atoms with van der Waals surface area (Å²) in [4.78, 5) is 36.9. The maximum absolute atomic E-state index is 12.4. The summed E-state index contributed by atoms with van der Waals surface area (Å²) in [5, 5.41) is 24.5. The standard InChI is InChI=1S/C17H24BrN5O3.C10H12O2/c1-19-22-15-14-12(18)7-10(8-13(14)21-17(15)26)16(25)20-4-2-5-23-6-3-11(24)9-23;1-2-9-7-8(5-6-11)3-4-10(9)12/h7-8,11,15,19,22,24H,2-6,9H2,1H3,(H,20,25)(H,21,26);3-4,6-7,12H,2,5H2,1H3. The van der Waals surface area contributed by atoms with Gasteiger partial charge in [-0.2, -0.15) is 0 Å². The molecule has 38 heavy (non-hydrogen) atoms. The number of anilines is 1. The molecule has 11 heteroatoms. The molecule has 0 aromatic heterocycles. The van der Waals surface area contributed by atoms with Crippen molar-refractivity contribution in [2.24, 2.45) is 0 Å². The number of carbonyl (C=O) groups excluding carboxylic acids is 3. The van der Waals surface area contributed by atoms with Crippen molar-refractivity contribution in [2.75, 3.05) is 38.5 Å². The van der Waals surface area contributed by atoms with Crippen molar-refractivity contribution < 1.29 is 24.6 Å². The highest BCUT2D eigenvalue weighted by Gasteiger charge is 2.33. The van der Waals surface area contributed by atoms with Crippen LogP contribution in [0.2, 0.25) is 0 Å². The summed E-state index contributed by atoms with van der Waals surface area (Å²) < 4.78 is 0.706. The molecule has 2 heterocycles. The first kappa shape index (κ1) is 29.7. The van der Waals surface area contributed by atoms with Gasteiger partial charge in [-0.05, 0) is 62.2 Å². The molecule has 2 aromatic rings. The molecular formula is C27H36BrN5O5. The number of hydrazine groups is 1. The van der Waals surface area contributed by atoms with Gasteiger partial charge < -0.3 is 30.5 Å². The molecule has 10 nitrogen and oxygen atoms in total. The second kappa shape index (κ2) is 14.4. The number of likely N-dealkylation sites (tertiary alicyclic amines) is 1. The van der Waals surface area contributed by atoms with Crippen molar-refractivity contribution in [3.05, 3.63) is 57.1 Å². The largest absolute Gasteiger partial charge is 0.508 e. The number of aliphatic hydroxyl groups excluding tert-OH is 1. The van der Waals surface area contributed by atoms with Gasteiger partial charge in [-0.25, -0.2) is 5.43 Å². The Hall–Kier alpha value is -2.83. The number of phenolic OH excluding ortho intramolecular Hbond substituents is 1. The number of phenols is 1. The van der Waals surface area contributed by atoms with Crippen LogP contribution in [0.25, 0.3) is 0 Å². The number of nitrogens with one attached hydrogen (secondary N) is 4. The minimum absolute atomic E-state index is 0.166. The number of halogens is 1. The van der Waals surface area contributed by atoms with E-state index in [2.05, 4.69) is 42.3 Å². The topological polar surface area (TPSA) is 143 Å². The van der Waals surface area contributed by atoms with Crippen molar-refractivity contribution in [2.45, 2.75) is 44.8 Å². The second-order valence-electron chi connectivity index (χ2n) is 9.28. The zero-order valence-electron chi connectivity index (χ0n) is 21.7. The van der Waals surface area contributed by atoms with Gasteiger partial charge in [0.25, 0.3) is 5.91 Å². The third-order valence-corrected chi connectivity index (χ3v) is 7.17. The van der Waals surface area contributed by atoms with E-state index in [9.17, 15) is 24.6 Å². The Morgan fingerprint density at radius 1 is 1.29 bits per heavy atom. The number of rotatable bonds is 10. The molecule has 0 saturated carbocycles. The lowest BCUT2D eigenvalue weighted by Gasteiger charge is -2.15. The third kappa shape index (κ3) is 7.84. The van der Waals surface area contributed by atoms with Crippen molar-refractivity contribution in [3.8, 4) is 5.75 Å². The zero-order valence-corrected chi connectivity index (χ0v) is 23.3. The molecule has 6 N–H and O–H groups in total. The Morgan fingerprint density at radius 2 is 2.08 bits per heavy atom. The number of fused-ring (bicyclic) bond motifs is 1. The average Bonchev–Trinajstić information content (AvgIpc) is 3.45. The van der Waals surface area contributed by atoms with Crippen LogP contribution in [-0.2, 0) is 22.4 Å². The van der Waals surface area contributed by atoms with Gasteiger partial charge in [-0.3, -0.25) is 15.0 Å². The number of nitrogens with zero attached hydrogens (tertiary/aromatic N) is 1. The number of aryl methyl sites for hydroxylation is 1. The summed E-state index contributed by atoms with van der Waals surface area (Å²) in [6.45, 7) is 5.02. The minimum Gasteiger partial charge on any atom is -0.508 e. The van der Waals surface area contributed by atoms with Gasteiger partial charge in [0.05, 0.1) is 6.10 Å². The quantitative estimate of drug-likeness (QED) is 0.140. The molecule has 2 atom stereocenters. The van der Waals surface area contributed by atoms with Gasteiger partial charge in [0.1, 0.15) is 18.1 Å². The van der Waals surface area contributed by atoms with Crippen LogP contribution in [-0.4, -0.2) is 72.5 Å². The van der Waals surface area contributed by atoms with Crippen LogP contribution in [0.3, 0.4) is 0 Å². The Balaban J connectivity index is 0.000000279. The lowest BCUT2D eigenvalue weighted by molar-refractivity contribution is -0.118. The molecule has 2 aliphatic heterocycles. The summed E-state index contributed by atoms with van der Waals surface area (Å²) in [7, 11) is 1.70. The maximum Gasteiger partial charge on any atom is 0.251 e. The number of aliphatic hydroxyl groups is 1. The number of hydrogen-bond donors (Lipinski definition) is 6. The molecule has 2 amide bonds. The van der Waals surface area contributed by atoms with E-state index in [-0.39, 0.29) is 17.9 Å².